The molecule has 4 atom stereocenters. The minimum atomic E-state index is -2.05. The van der Waals surface area contributed by atoms with Crippen LogP contribution in [0.25, 0.3) is 11.2 Å². The van der Waals surface area contributed by atoms with Crippen molar-refractivity contribution in [2.24, 2.45) is 5.92 Å². The first-order valence-corrected chi connectivity index (χ1v) is 16.6. The molecule has 3 heterocycles. The minimum Gasteiger partial charge on any atom is -0.434 e. The molecular weight excluding hydrogens is 581 g/mol. The number of nitrogens with two attached hydrogens (primary N) is 1. The van der Waals surface area contributed by atoms with E-state index < -0.39 is 42.2 Å². The van der Waals surface area contributed by atoms with Crippen LogP contribution in [0, 0.1) is 24.3 Å². The van der Waals surface area contributed by atoms with E-state index >= 15 is 0 Å². The minimum absolute atomic E-state index is 0.0494. The van der Waals surface area contributed by atoms with Gasteiger partial charge in [-0.2, -0.15) is 14.4 Å². The number of esters is 1. The molecule has 1 aliphatic heterocycles. The van der Waals surface area contributed by atoms with Gasteiger partial charge >= 0.3 is 24.0 Å². The van der Waals surface area contributed by atoms with Crippen LogP contribution in [-0.2, 0) is 23.7 Å². The summed E-state index contributed by atoms with van der Waals surface area (Å²) in [5.74, 6) is -0.848. The third-order valence-corrected chi connectivity index (χ3v) is 8.18. The smallest absolute Gasteiger partial charge is 0.434 e. The van der Waals surface area contributed by atoms with Crippen molar-refractivity contribution < 1.29 is 32.9 Å². The summed E-state index contributed by atoms with van der Waals surface area (Å²) in [6, 6.07) is 0. The van der Waals surface area contributed by atoms with Crippen molar-refractivity contribution in [1.29, 1.82) is 0 Å². The van der Waals surface area contributed by atoms with Gasteiger partial charge in [-0.1, -0.05) is 104 Å². The van der Waals surface area contributed by atoms with Crippen molar-refractivity contribution in [2.75, 3.05) is 12.3 Å². The van der Waals surface area contributed by atoms with Crippen LogP contribution in [0.2, 0.25) is 0 Å². The van der Waals surface area contributed by atoms with Gasteiger partial charge in [-0.15, -0.1) is 6.42 Å². The van der Waals surface area contributed by atoms with Crippen LogP contribution in [0.3, 0.4) is 0 Å². The monoisotopic (exact) mass is 631 g/mol. The van der Waals surface area contributed by atoms with Gasteiger partial charge in [-0.25, -0.2) is 9.78 Å². The number of nitrogen functional groups attached to an aromatic ring is 1. The van der Waals surface area contributed by atoms with Crippen LogP contribution in [0.15, 0.2) is 6.33 Å². The largest absolute Gasteiger partial charge is 0.508 e. The van der Waals surface area contributed by atoms with Crippen molar-refractivity contribution in [2.45, 2.75) is 142 Å². The first kappa shape index (κ1) is 36.0. The number of aromatic nitrogens is 4. The lowest BCUT2D eigenvalue weighted by atomic mass is 10.0. The Balaban J connectivity index is 1.60. The van der Waals surface area contributed by atoms with E-state index in [-0.39, 0.29) is 30.0 Å². The van der Waals surface area contributed by atoms with Gasteiger partial charge in [0, 0.05) is 6.42 Å². The predicted octanol–water partition coefficient (Wildman–Crippen LogP) is 7.39. The Hall–Kier alpha value is -3.46. The zero-order valence-electron chi connectivity index (χ0n) is 27.1. The summed E-state index contributed by atoms with van der Waals surface area (Å²) in [4.78, 5) is 37.3. The summed E-state index contributed by atoms with van der Waals surface area (Å²) in [7, 11) is 0. The maximum absolute atomic E-state index is 14.0. The zero-order valence-corrected chi connectivity index (χ0v) is 27.1. The number of terminal acetylenes is 1. The molecule has 0 aliphatic carbocycles. The molecule has 0 bridgehead atoms. The molecule has 0 aromatic carbocycles. The molecule has 0 spiro atoms. The van der Waals surface area contributed by atoms with Crippen LogP contribution in [0.1, 0.15) is 130 Å². The Labute approximate surface area is 266 Å². The third kappa shape index (κ3) is 10.6. The maximum Gasteiger partial charge on any atom is 0.508 e. The standard InChI is InChI=1S/C33H50FN5O6/c1-5-8-10-11-12-13-14-15-16-17-19-21-42-32(41)43-25-22-26(39-23-36-27-28(35)37-31(34)38-29(27)39)44-33(25,7-3)45-30(40)24(4)20-18-9-6-2/h3,23-26H,5-6,8-22H2,1-2,4H3,(H2,35,37,38)/t24?,25-,26+,33+/m0/s1. The van der Waals surface area contributed by atoms with Crippen molar-refractivity contribution in [3.63, 3.8) is 0 Å². The fourth-order valence-electron chi connectivity index (χ4n) is 5.47. The van der Waals surface area contributed by atoms with E-state index in [0.29, 0.717) is 12.8 Å². The van der Waals surface area contributed by atoms with Gasteiger partial charge in [-0.3, -0.25) is 9.36 Å². The molecule has 0 radical (unpaired) electrons. The second-order valence-corrected chi connectivity index (χ2v) is 11.9. The number of unbranched alkanes of at least 4 members (excludes halogenated alkanes) is 12. The second kappa shape index (κ2) is 18.5. The molecule has 2 aromatic rings. The van der Waals surface area contributed by atoms with E-state index in [2.05, 4.69) is 34.7 Å². The Morgan fingerprint density at radius 1 is 1.07 bits per heavy atom. The predicted molar refractivity (Wildman–Crippen MR) is 168 cm³/mol. The summed E-state index contributed by atoms with van der Waals surface area (Å²) in [5, 5.41) is 0. The molecule has 1 unspecified atom stereocenters. The molecule has 250 valence electrons. The molecule has 0 saturated carbocycles. The number of nitrogens with zero attached hydrogens (tertiary/aromatic N) is 4. The molecule has 2 aromatic heterocycles. The summed E-state index contributed by atoms with van der Waals surface area (Å²) in [6.07, 6.45) is 19.3. The van der Waals surface area contributed by atoms with Crippen LogP contribution >= 0.6 is 0 Å². The van der Waals surface area contributed by atoms with Gasteiger partial charge in [0.2, 0.25) is 0 Å². The van der Waals surface area contributed by atoms with Crippen molar-refractivity contribution in [1.82, 2.24) is 19.5 Å². The Bertz CT molecular complexity index is 1270. The van der Waals surface area contributed by atoms with E-state index in [9.17, 15) is 14.0 Å². The summed E-state index contributed by atoms with van der Waals surface area (Å²) >= 11 is 0. The number of fused-ring (bicyclic) bond motifs is 1. The lowest BCUT2D eigenvalue weighted by Crippen LogP contribution is -2.46. The van der Waals surface area contributed by atoms with E-state index in [1.54, 1.807) is 6.92 Å². The molecule has 1 fully saturated rings. The van der Waals surface area contributed by atoms with E-state index in [0.717, 1.165) is 38.5 Å². The van der Waals surface area contributed by atoms with Crippen LogP contribution < -0.4 is 5.73 Å². The molecule has 3 rings (SSSR count). The number of hydrogen-bond donors (Lipinski definition) is 1. The second-order valence-electron chi connectivity index (χ2n) is 11.9. The zero-order chi connectivity index (χ0) is 32.7. The molecule has 1 aliphatic rings. The van der Waals surface area contributed by atoms with Crippen molar-refractivity contribution >= 4 is 29.1 Å². The third-order valence-electron chi connectivity index (χ3n) is 8.18. The van der Waals surface area contributed by atoms with Gasteiger partial charge in [-0.05, 0) is 18.8 Å². The molecule has 1 saturated heterocycles. The first-order chi connectivity index (χ1) is 21.7. The van der Waals surface area contributed by atoms with Crippen LogP contribution in [0.5, 0.6) is 0 Å². The lowest BCUT2D eigenvalue weighted by Gasteiger charge is -2.29. The highest BCUT2D eigenvalue weighted by Gasteiger charge is 2.55. The average Bonchev–Trinajstić information content (AvgIpc) is 3.59. The van der Waals surface area contributed by atoms with Crippen molar-refractivity contribution in [3.05, 3.63) is 12.4 Å². The Kier molecular flexibility index (Phi) is 14.8. The summed E-state index contributed by atoms with van der Waals surface area (Å²) < 4.78 is 38.2. The van der Waals surface area contributed by atoms with E-state index in [1.165, 1.54) is 55.8 Å². The molecule has 11 nitrogen and oxygen atoms in total. The first-order valence-electron chi connectivity index (χ1n) is 16.6. The average molecular weight is 632 g/mol. The maximum atomic E-state index is 14.0. The van der Waals surface area contributed by atoms with E-state index in [4.69, 9.17) is 31.1 Å². The SMILES string of the molecule is C#C[C@]1(OC(=O)C(C)CCCCC)O[C@@H](n2cnc3c(N)nc(F)nc32)C[C@@H]1OC(=O)OCCCCCCCCCCCCC. The number of imidazole rings is 1. The number of ether oxygens (including phenoxy) is 4. The van der Waals surface area contributed by atoms with E-state index in [1.807, 2.05) is 0 Å². The Morgan fingerprint density at radius 2 is 1.69 bits per heavy atom. The van der Waals surface area contributed by atoms with Gasteiger partial charge in [0.1, 0.15) is 6.23 Å². The van der Waals surface area contributed by atoms with Gasteiger partial charge in [0.15, 0.2) is 23.1 Å². The summed E-state index contributed by atoms with van der Waals surface area (Å²) in [5.41, 5.74) is 6.02. The topological polar surface area (TPSA) is 141 Å². The van der Waals surface area contributed by atoms with Gasteiger partial charge in [0.05, 0.1) is 18.9 Å². The van der Waals surface area contributed by atoms with Crippen molar-refractivity contribution in [3.8, 4) is 12.3 Å². The Morgan fingerprint density at radius 3 is 2.33 bits per heavy atom. The normalized spacial score (nSPS) is 20.2. The number of carbonyl (C=O) groups is 2. The highest BCUT2D eigenvalue weighted by molar-refractivity contribution is 5.81. The van der Waals surface area contributed by atoms with Crippen LogP contribution in [-0.4, -0.2) is 50.1 Å². The highest BCUT2D eigenvalue weighted by Crippen LogP contribution is 2.41. The lowest BCUT2D eigenvalue weighted by molar-refractivity contribution is -0.230. The molecule has 0 amide bonds. The number of carbonyl (C=O) groups excluding carboxylic acids is 2. The van der Waals surface area contributed by atoms with Gasteiger partial charge < -0.3 is 24.7 Å². The fraction of sp³-hybridized carbons (Fsp3) is 0.727. The molecular formula is C33H50FN5O6. The number of halogens is 1. The van der Waals surface area contributed by atoms with Gasteiger partial charge in [0.25, 0.3) is 0 Å². The quantitative estimate of drug-likeness (QED) is 0.0680. The molecule has 2 N–H and O–H groups in total. The fourth-order valence-corrected chi connectivity index (χ4v) is 5.47. The number of rotatable bonds is 20. The van der Waals surface area contributed by atoms with Crippen LogP contribution in [0.4, 0.5) is 15.0 Å². The molecule has 12 heteroatoms. The summed E-state index contributed by atoms with van der Waals surface area (Å²) in [6.45, 7) is 6.23. The molecule has 45 heavy (non-hydrogen) atoms. The highest BCUT2D eigenvalue weighted by atomic mass is 19.1. The number of hydrogen-bond acceptors (Lipinski definition) is 10. The number of anilines is 1.